The summed E-state index contributed by atoms with van der Waals surface area (Å²) in [6, 6.07) is 7.90. The molecule has 1 aliphatic rings. The summed E-state index contributed by atoms with van der Waals surface area (Å²) >= 11 is 16.7. The number of nitrogens with zero attached hydrogens (tertiary/aromatic N) is 3. The van der Waals surface area contributed by atoms with E-state index in [1.165, 1.54) is 48.8 Å². The first-order valence-electron chi connectivity index (χ1n) is 10.7. The van der Waals surface area contributed by atoms with Gasteiger partial charge in [0.15, 0.2) is 5.82 Å². The number of aliphatic hydroxyl groups excluding tert-OH is 1. The zero-order valence-corrected chi connectivity index (χ0v) is 21.0. The highest BCUT2D eigenvalue weighted by Gasteiger charge is 2.28. The number of pyridine rings is 2. The summed E-state index contributed by atoms with van der Waals surface area (Å²) in [6.45, 7) is 0.773. The van der Waals surface area contributed by atoms with Gasteiger partial charge in [-0.15, -0.1) is 8.78 Å². The van der Waals surface area contributed by atoms with E-state index in [0.29, 0.717) is 18.8 Å². The van der Waals surface area contributed by atoms with Crippen LogP contribution in [0.1, 0.15) is 27.3 Å². The minimum Gasteiger partial charge on any atom is -0.420 e. The lowest BCUT2D eigenvalue weighted by Crippen LogP contribution is -2.25. The number of halogens is 5. The van der Waals surface area contributed by atoms with Crippen molar-refractivity contribution in [2.45, 2.75) is 18.1 Å². The predicted octanol–water partition coefficient (Wildman–Crippen LogP) is 5.03. The van der Waals surface area contributed by atoms with Crippen LogP contribution in [0.4, 0.5) is 26.0 Å². The first kappa shape index (κ1) is 26.8. The minimum atomic E-state index is -3.86. The number of ether oxygens (including phenoxy) is 1. The monoisotopic (exact) mass is 571 g/mol. The van der Waals surface area contributed by atoms with Crippen LogP contribution in [0.15, 0.2) is 48.8 Å². The normalized spacial score (nSPS) is 15.4. The van der Waals surface area contributed by atoms with Crippen LogP contribution >= 0.6 is 34.8 Å². The molecule has 2 amide bonds. The van der Waals surface area contributed by atoms with Crippen LogP contribution in [0.25, 0.3) is 0 Å². The number of aromatic nitrogens is 2. The third-order valence-corrected chi connectivity index (χ3v) is 5.78. The lowest BCUT2D eigenvalue weighted by Gasteiger charge is -2.21. The van der Waals surface area contributed by atoms with E-state index in [9.17, 15) is 23.5 Å². The van der Waals surface area contributed by atoms with Crippen molar-refractivity contribution in [1.82, 2.24) is 9.97 Å². The molecule has 3 heterocycles. The second-order valence-corrected chi connectivity index (χ2v) is 9.23. The van der Waals surface area contributed by atoms with Gasteiger partial charge in [-0.2, -0.15) is 0 Å². The van der Waals surface area contributed by atoms with E-state index in [4.69, 9.17) is 34.8 Å². The van der Waals surface area contributed by atoms with Crippen LogP contribution in [0.5, 0.6) is 5.75 Å². The third kappa shape index (κ3) is 6.95. The maximum absolute atomic E-state index is 12.9. The molecule has 1 saturated heterocycles. The zero-order chi connectivity index (χ0) is 26.7. The predicted molar refractivity (Wildman–Crippen MR) is 135 cm³/mol. The minimum absolute atomic E-state index is 0.0318. The molecule has 0 aliphatic carbocycles. The molecule has 0 bridgehead atoms. The first-order chi connectivity index (χ1) is 17.5. The van der Waals surface area contributed by atoms with Gasteiger partial charge in [0.25, 0.3) is 11.8 Å². The van der Waals surface area contributed by atoms with Gasteiger partial charge >= 0.3 is 5.57 Å². The number of alkyl halides is 3. The number of rotatable bonds is 7. The standard InChI is InChI=1S/C23H18Cl3F2N5O4/c24-13-8-17(25)19(29-10-13)22(36)32-18-7-12(9-30-20(18)33-6-5-15(34)11-33)21(35)31-14-1-3-16(4-2-14)37-23(26,27)28/h1-4,7-10,15,34H,5-6,11H2,(H,31,35)(H,32,36)/t15-/m1/s1. The molecule has 0 unspecified atom stereocenters. The lowest BCUT2D eigenvalue weighted by atomic mass is 10.2. The molecule has 4 rings (SSSR count). The fourth-order valence-corrected chi connectivity index (χ4v) is 4.12. The van der Waals surface area contributed by atoms with Crippen molar-refractivity contribution in [3.8, 4) is 5.75 Å². The van der Waals surface area contributed by atoms with Crippen molar-refractivity contribution >= 4 is 63.8 Å². The van der Waals surface area contributed by atoms with Gasteiger partial charge in [-0.25, -0.2) is 9.97 Å². The average Bonchev–Trinajstić information content (AvgIpc) is 3.25. The maximum atomic E-state index is 12.9. The number of benzene rings is 1. The smallest absolute Gasteiger partial charge is 0.420 e. The van der Waals surface area contributed by atoms with Gasteiger partial charge in [0.2, 0.25) is 0 Å². The molecule has 0 spiro atoms. The number of carbonyl (C=O) groups excluding carboxylic acids is 2. The number of carbonyl (C=O) groups is 2. The highest BCUT2D eigenvalue weighted by atomic mass is 35.5. The van der Waals surface area contributed by atoms with E-state index in [0.717, 1.165) is 0 Å². The van der Waals surface area contributed by atoms with Crippen molar-refractivity contribution in [3.63, 3.8) is 0 Å². The molecule has 0 radical (unpaired) electrons. The van der Waals surface area contributed by atoms with Crippen LogP contribution in [0.3, 0.4) is 0 Å². The largest absolute Gasteiger partial charge is 0.487 e. The second kappa shape index (κ2) is 11.0. The molecular formula is C23H18Cl3F2N5O4. The Morgan fingerprint density at radius 2 is 1.81 bits per heavy atom. The second-order valence-electron chi connectivity index (χ2n) is 7.95. The molecule has 37 heavy (non-hydrogen) atoms. The third-order valence-electron chi connectivity index (χ3n) is 5.21. The zero-order valence-electron chi connectivity index (χ0n) is 18.7. The average molecular weight is 573 g/mol. The van der Waals surface area contributed by atoms with Crippen LogP contribution in [-0.2, 0) is 0 Å². The van der Waals surface area contributed by atoms with E-state index in [1.807, 2.05) is 0 Å². The first-order valence-corrected chi connectivity index (χ1v) is 11.8. The van der Waals surface area contributed by atoms with Crippen LogP contribution in [0.2, 0.25) is 10.0 Å². The Kier molecular flexibility index (Phi) is 7.98. The van der Waals surface area contributed by atoms with Crippen molar-refractivity contribution in [1.29, 1.82) is 0 Å². The molecule has 1 aliphatic heterocycles. The number of hydrogen-bond donors (Lipinski definition) is 3. The topological polar surface area (TPSA) is 117 Å². The molecule has 1 atom stereocenters. The quantitative estimate of drug-likeness (QED) is 0.340. The highest BCUT2D eigenvalue weighted by molar-refractivity contribution is 6.36. The van der Waals surface area contributed by atoms with Gasteiger partial charge in [-0.05, 0) is 42.8 Å². The van der Waals surface area contributed by atoms with E-state index in [2.05, 4.69) is 25.3 Å². The Morgan fingerprint density at radius 1 is 1.08 bits per heavy atom. The number of hydrogen-bond acceptors (Lipinski definition) is 7. The summed E-state index contributed by atoms with van der Waals surface area (Å²) in [5.41, 5.74) is -3.40. The van der Waals surface area contributed by atoms with Crippen LogP contribution < -0.4 is 20.3 Å². The summed E-state index contributed by atoms with van der Waals surface area (Å²) in [5.74, 6) is -1.10. The van der Waals surface area contributed by atoms with Crippen molar-refractivity contribution in [2.24, 2.45) is 0 Å². The summed E-state index contributed by atoms with van der Waals surface area (Å²) in [5, 5.41) is 15.5. The van der Waals surface area contributed by atoms with E-state index >= 15 is 0 Å². The Morgan fingerprint density at radius 3 is 2.43 bits per heavy atom. The molecule has 3 N–H and O–H groups in total. The maximum Gasteiger partial charge on any atom is 0.487 e. The summed E-state index contributed by atoms with van der Waals surface area (Å²) < 4.78 is 29.8. The Balaban J connectivity index is 1.57. The van der Waals surface area contributed by atoms with Crippen LogP contribution in [-0.4, -0.2) is 51.7 Å². The molecule has 9 nitrogen and oxygen atoms in total. The van der Waals surface area contributed by atoms with Crippen molar-refractivity contribution in [3.05, 3.63) is 70.1 Å². The summed E-state index contributed by atoms with van der Waals surface area (Å²) in [6.07, 6.45) is 2.53. The van der Waals surface area contributed by atoms with Gasteiger partial charge in [0.05, 0.1) is 27.4 Å². The van der Waals surface area contributed by atoms with Crippen LogP contribution in [0, 0.1) is 0 Å². The molecule has 1 fully saturated rings. The Bertz CT molecular complexity index is 1320. The number of β-amino-alcohol motifs (C(OH)–C–C–N with tert-alkyl or cyclic N) is 1. The van der Waals surface area contributed by atoms with Gasteiger partial charge in [-0.1, -0.05) is 23.2 Å². The van der Waals surface area contributed by atoms with E-state index < -0.39 is 23.5 Å². The highest BCUT2D eigenvalue weighted by Crippen LogP contribution is 2.30. The molecule has 1 aromatic carbocycles. The Hall–Kier alpha value is -3.25. The van der Waals surface area contributed by atoms with Gasteiger partial charge in [0, 0.05) is 42.8 Å². The molecule has 0 saturated carbocycles. The van der Waals surface area contributed by atoms with E-state index in [-0.39, 0.29) is 45.0 Å². The molecule has 2 aromatic heterocycles. The molecular weight excluding hydrogens is 555 g/mol. The lowest BCUT2D eigenvalue weighted by molar-refractivity contribution is -0.0964. The number of amides is 2. The fraction of sp³-hybridized carbons (Fsp3) is 0.217. The summed E-state index contributed by atoms with van der Waals surface area (Å²) in [7, 11) is 0. The molecule has 3 aromatic rings. The van der Waals surface area contributed by atoms with Gasteiger partial charge in [-0.3, -0.25) is 9.59 Å². The van der Waals surface area contributed by atoms with E-state index in [1.54, 1.807) is 4.90 Å². The summed E-state index contributed by atoms with van der Waals surface area (Å²) in [4.78, 5) is 35.9. The van der Waals surface area contributed by atoms with Crippen molar-refractivity contribution < 1.29 is 28.2 Å². The number of nitrogens with one attached hydrogen (secondary N) is 2. The Labute approximate surface area is 224 Å². The molecule has 14 heteroatoms. The number of anilines is 3. The SMILES string of the molecule is O=C(Nc1ccc(OC(F)(F)Cl)cc1)c1cnc(N2CC[C@@H](O)C2)c(NC(=O)c2ncc(Cl)cc2Cl)c1. The van der Waals surface area contributed by atoms with Gasteiger partial charge in [0.1, 0.15) is 11.4 Å². The van der Waals surface area contributed by atoms with Crippen molar-refractivity contribution in [2.75, 3.05) is 28.6 Å². The van der Waals surface area contributed by atoms with Gasteiger partial charge < -0.3 is 25.4 Å². The molecule has 194 valence electrons. The number of aliphatic hydroxyl groups is 1. The fourth-order valence-electron chi connectivity index (χ4n) is 3.57.